The number of thioether (sulfide) groups is 1. The molecular formula is C42H40N8O2S2. The molecule has 0 unspecified atom stereocenters. The third-order valence-electron chi connectivity index (χ3n) is 9.12. The van der Waals surface area contributed by atoms with E-state index in [1.165, 1.54) is 40.3 Å². The van der Waals surface area contributed by atoms with Crippen molar-refractivity contribution in [2.45, 2.75) is 58.8 Å². The van der Waals surface area contributed by atoms with Gasteiger partial charge in [-0.25, -0.2) is 0 Å². The van der Waals surface area contributed by atoms with E-state index < -0.39 is 0 Å². The number of pyridine rings is 2. The van der Waals surface area contributed by atoms with Crippen molar-refractivity contribution in [3.05, 3.63) is 136 Å². The number of thiazole rings is 1. The third kappa shape index (κ3) is 7.27. The van der Waals surface area contributed by atoms with Crippen LogP contribution in [0.1, 0.15) is 70.2 Å². The lowest BCUT2D eigenvalue weighted by Gasteiger charge is -2.26. The predicted octanol–water partition coefficient (Wildman–Crippen LogP) is 8.88. The monoisotopic (exact) mass is 752 g/mol. The number of aromatic nitrogens is 4. The molecule has 0 saturated carbocycles. The predicted molar refractivity (Wildman–Crippen MR) is 222 cm³/mol. The number of carbonyl (C=O) groups excluding carboxylic acids is 1. The fourth-order valence-electron chi connectivity index (χ4n) is 6.26. The molecule has 4 aromatic heterocycles. The SMILES string of the molecule is CC(C)(C)c1ccc(-c2c(-c3ccncc3)sc3nc(=O)cc(N)n23)cc1.CC(C)(C)c1ccc(C2=C(c3ccncc3)SC3=NC(=O)CC(=N)N32)cc1. The number of benzene rings is 2. The third-order valence-corrected chi connectivity index (χ3v) is 11.3. The Morgan fingerprint density at radius 1 is 0.722 bits per heavy atom. The molecule has 54 heavy (non-hydrogen) atoms. The molecule has 0 spiro atoms. The maximum absolute atomic E-state index is 11.9. The van der Waals surface area contributed by atoms with Crippen molar-refractivity contribution in [1.82, 2.24) is 24.3 Å². The zero-order valence-corrected chi connectivity index (χ0v) is 32.5. The zero-order chi connectivity index (χ0) is 38.4. The maximum Gasteiger partial charge on any atom is 0.276 e. The Morgan fingerprint density at radius 3 is 1.81 bits per heavy atom. The molecule has 0 saturated heterocycles. The van der Waals surface area contributed by atoms with Crippen molar-refractivity contribution < 1.29 is 4.79 Å². The Balaban J connectivity index is 0.000000167. The first kappa shape index (κ1) is 36.6. The van der Waals surface area contributed by atoms with Crippen LogP contribution in [0, 0.1) is 5.41 Å². The van der Waals surface area contributed by atoms with Crippen molar-refractivity contribution in [3.63, 3.8) is 0 Å². The van der Waals surface area contributed by atoms with Gasteiger partial charge < -0.3 is 5.73 Å². The fourth-order valence-corrected chi connectivity index (χ4v) is 8.61. The molecule has 10 nitrogen and oxygen atoms in total. The first-order valence-electron chi connectivity index (χ1n) is 17.4. The molecule has 6 heterocycles. The Morgan fingerprint density at radius 2 is 1.26 bits per heavy atom. The van der Waals surface area contributed by atoms with Gasteiger partial charge in [0.05, 0.1) is 22.7 Å². The topological polar surface area (TPSA) is 143 Å². The minimum Gasteiger partial charge on any atom is -0.385 e. The number of anilines is 1. The summed E-state index contributed by atoms with van der Waals surface area (Å²) in [7, 11) is 0. The van der Waals surface area contributed by atoms with Gasteiger partial charge in [-0.3, -0.25) is 34.3 Å². The number of carbonyl (C=O) groups is 1. The van der Waals surface area contributed by atoms with E-state index in [2.05, 4.69) is 110 Å². The van der Waals surface area contributed by atoms with Gasteiger partial charge in [-0.1, -0.05) is 101 Å². The molecule has 2 aliphatic rings. The summed E-state index contributed by atoms with van der Waals surface area (Å²) in [5.41, 5.74) is 14.4. The number of nitrogens with one attached hydrogen (secondary N) is 1. The van der Waals surface area contributed by atoms with Crippen LogP contribution in [0.2, 0.25) is 0 Å². The van der Waals surface area contributed by atoms with E-state index in [1.54, 1.807) is 29.7 Å². The van der Waals surface area contributed by atoms with Crippen LogP contribution in [-0.4, -0.2) is 41.2 Å². The standard InChI is InChI=1S/2C21H20N4OS/c2*1-21(2,3)15-6-4-13(5-7-15)18-19(14-8-10-23-11-9-14)27-20-24-17(26)12-16(22)25(18)20/h4-11,22H,12H2,1-3H3;4-12H,22H2,1-3H3. The van der Waals surface area contributed by atoms with Crippen molar-refractivity contribution >= 4 is 61.4 Å². The van der Waals surface area contributed by atoms with Gasteiger partial charge in [-0.05, 0) is 74.7 Å². The first-order valence-corrected chi connectivity index (χ1v) is 19.1. The summed E-state index contributed by atoms with van der Waals surface area (Å²) >= 11 is 2.89. The van der Waals surface area contributed by atoms with E-state index in [0.717, 1.165) is 43.4 Å². The average molecular weight is 753 g/mol. The molecule has 0 radical (unpaired) electrons. The van der Waals surface area contributed by atoms with Gasteiger partial charge in [0, 0.05) is 41.3 Å². The molecule has 0 fully saturated rings. The minimum atomic E-state index is -0.329. The number of rotatable bonds is 4. The lowest BCUT2D eigenvalue weighted by atomic mass is 9.86. The van der Waals surface area contributed by atoms with Gasteiger partial charge in [-0.2, -0.15) is 9.98 Å². The van der Waals surface area contributed by atoms with Crippen molar-refractivity contribution in [2.75, 3.05) is 5.73 Å². The molecule has 0 atom stereocenters. The molecule has 2 aromatic carbocycles. The van der Waals surface area contributed by atoms with Crippen LogP contribution in [0.25, 0.3) is 37.3 Å². The molecular weight excluding hydrogens is 713 g/mol. The highest BCUT2D eigenvalue weighted by Crippen LogP contribution is 2.47. The number of amidine groups is 2. The fraction of sp³-hybridized carbons (Fsp3) is 0.214. The first-order chi connectivity index (χ1) is 25.7. The molecule has 0 aliphatic carbocycles. The number of hydrogen-bond donors (Lipinski definition) is 2. The molecule has 12 heteroatoms. The lowest BCUT2D eigenvalue weighted by molar-refractivity contribution is -0.116. The second kappa shape index (κ2) is 14.3. The van der Waals surface area contributed by atoms with Crippen LogP contribution in [0.3, 0.4) is 0 Å². The van der Waals surface area contributed by atoms with E-state index in [4.69, 9.17) is 11.1 Å². The number of nitrogen functional groups attached to an aromatic ring is 1. The molecule has 2 aliphatic heterocycles. The van der Waals surface area contributed by atoms with Crippen LogP contribution in [0.15, 0.2) is 113 Å². The minimum absolute atomic E-state index is 0.0251. The number of fused-ring (bicyclic) bond motifs is 2. The summed E-state index contributed by atoms with van der Waals surface area (Å²) in [4.78, 5) is 44.6. The van der Waals surface area contributed by atoms with Crippen LogP contribution in [-0.2, 0) is 15.6 Å². The molecule has 8 rings (SSSR count). The van der Waals surface area contributed by atoms with Crippen molar-refractivity contribution in [1.29, 1.82) is 5.41 Å². The van der Waals surface area contributed by atoms with E-state index in [9.17, 15) is 9.59 Å². The van der Waals surface area contributed by atoms with E-state index >= 15 is 0 Å². The summed E-state index contributed by atoms with van der Waals surface area (Å²) in [5, 5.41) is 8.94. The molecule has 272 valence electrons. The highest BCUT2D eigenvalue weighted by atomic mass is 32.2. The Bertz CT molecular complexity index is 2510. The number of nitrogens with two attached hydrogens (primary N) is 1. The average Bonchev–Trinajstić information content (AvgIpc) is 3.72. The maximum atomic E-state index is 11.9. The quantitative estimate of drug-likeness (QED) is 0.182. The normalized spacial score (nSPS) is 14.6. The van der Waals surface area contributed by atoms with E-state index in [0.29, 0.717) is 15.9 Å². The van der Waals surface area contributed by atoms with Crippen molar-refractivity contribution in [3.8, 4) is 21.7 Å². The van der Waals surface area contributed by atoms with Gasteiger partial charge in [0.25, 0.3) is 11.5 Å². The molecule has 6 aromatic rings. The Kier molecular flexibility index (Phi) is 9.67. The number of amides is 1. The molecule has 1 amide bonds. The number of hydrogen-bond acceptors (Lipinski definition) is 9. The summed E-state index contributed by atoms with van der Waals surface area (Å²) in [5.74, 6) is 0.380. The summed E-state index contributed by atoms with van der Waals surface area (Å²) in [6.07, 6.45) is 7.04. The van der Waals surface area contributed by atoms with E-state index in [-0.39, 0.29) is 34.6 Å². The van der Waals surface area contributed by atoms with Crippen LogP contribution in [0.5, 0.6) is 0 Å². The van der Waals surface area contributed by atoms with Gasteiger partial charge in [-0.15, -0.1) is 0 Å². The molecule has 3 N–H and O–H groups in total. The number of nitrogens with zero attached hydrogens (tertiary/aromatic N) is 6. The van der Waals surface area contributed by atoms with E-state index in [1.807, 2.05) is 28.7 Å². The summed E-state index contributed by atoms with van der Waals surface area (Å²) < 4.78 is 1.86. The van der Waals surface area contributed by atoms with Gasteiger partial charge in [0.2, 0.25) is 0 Å². The van der Waals surface area contributed by atoms with Crippen LogP contribution in [0.4, 0.5) is 5.82 Å². The second-order valence-electron chi connectivity index (χ2n) is 15.1. The van der Waals surface area contributed by atoms with Crippen LogP contribution >= 0.6 is 23.1 Å². The zero-order valence-electron chi connectivity index (χ0n) is 30.9. The summed E-state index contributed by atoms with van der Waals surface area (Å²) in [6, 6.07) is 26.1. The Hall–Kier alpha value is -5.72. The van der Waals surface area contributed by atoms with Crippen LogP contribution < -0.4 is 11.3 Å². The Labute approximate surface area is 322 Å². The van der Waals surface area contributed by atoms with Gasteiger partial charge in [0.15, 0.2) is 10.1 Å². The van der Waals surface area contributed by atoms with Crippen molar-refractivity contribution in [2.24, 2.45) is 4.99 Å². The number of aliphatic imine (C=N–C) groups is 1. The summed E-state index contributed by atoms with van der Waals surface area (Å²) in [6.45, 7) is 13.1. The smallest absolute Gasteiger partial charge is 0.276 e. The lowest BCUT2D eigenvalue weighted by Crippen LogP contribution is -2.35. The molecule has 0 bridgehead atoms. The highest BCUT2D eigenvalue weighted by molar-refractivity contribution is 8.22. The highest BCUT2D eigenvalue weighted by Gasteiger charge is 2.38. The van der Waals surface area contributed by atoms with Gasteiger partial charge in [0.1, 0.15) is 11.7 Å². The second-order valence-corrected chi connectivity index (χ2v) is 17.0. The van der Waals surface area contributed by atoms with Gasteiger partial charge >= 0.3 is 0 Å². The largest absolute Gasteiger partial charge is 0.385 e.